The molecule has 0 heterocycles. The Balaban J connectivity index is 2.82. The third kappa shape index (κ3) is 4.31. The van der Waals surface area contributed by atoms with Crippen LogP contribution in [-0.2, 0) is 4.79 Å². The molecule has 0 spiro atoms. The maximum absolute atomic E-state index is 12.3. The van der Waals surface area contributed by atoms with Crippen molar-refractivity contribution in [2.45, 2.75) is 6.92 Å². The van der Waals surface area contributed by atoms with E-state index in [0.717, 1.165) is 8.95 Å². The van der Waals surface area contributed by atoms with Gasteiger partial charge in [0.15, 0.2) is 0 Å². The minimum Gasteiger partial charge on any atom is -0.359 e. The predicted octanol–water partition coefficient (Wildman–Crippen LogP) is 2.67. The second kappa shape index (κ2) is 7.05. The first kappa shape index (κ1) is 16.2. The van der Waals surface area contributed by atoms with Gasteiger partial charge in [-0.3, -0.25) is 9.59 Å². The zero-order valence-corrected chi connectivity index (χ0v) is 14.2. The van der Waals surface area contributed by atoms with Crippen LogP contribution in [0.4, 0.5) is 0 Å². The lowest BCUT2D eigenvalue weighted by Gasteiger charge is -2.21. The molecule has 0 aliphatic heterocycles. The number of nitrogens with zero attached hydrogens (tertiary/aromatic N) is 1. The summed E-state index contributed by atoms with van der Waals surface area (Å²) in [5.74, 6) is -0.443. The zero-order chi connectivity index (χ0) is 14.6. The molecule has 0 fully saturated rings. The number of benzene rings is 1. The van der Waals surface area contributed by atoms with E-state index in [1.165, 1.54) is 0 Å². The van der Waals surface area contributed by atoms with Crippen LogP contribution in [0.5, 0.6) is 0 Å². The molecule has 4 nitrogen and oxygen atoms in total. The summed E-state index contributed by atoms with van der Waals surface area (Å²) in [6.45, 7) is 2.16. The molecule has 1 rings (SSSR count). The summed E-state index contributed by atoms with van der Waals surface area (Å²) in [4.78, 5) is 25.3. The van der Waals surface area contributed by atoms with Crippen LogP contribution in [0.3, 0.4) is 0 Å². The van der Waals surface area contributed by atoms with E-state index in [-0.39, 0.29) is 17.7 Å². The second-order valence-electron chi connectivity index (χ2n) is 4.33. The van der Waals surface area contributed by atoms with Crippen molar-refractivity contribution in [1.29, 1.82) is 0 Å². The van der Waals surface area contributed by atoms with Crippen LogP contribution in [0.25, 0.3) is 0 Å². The van der Waals surface area contributed by atoms with Gasteiger partial charge in [-0.05, 0) is 34.1 Å². The fraction of sp³-hybridized carbons (Fsp3) is 0.385. The number of rotatable bonds is 4. The molecular weight excluding hydrogens is 376 g/mol. The molecule has 0 radical (unpaired) electrons. The van der Waals surface area contributed by atoms with Gasteiger partial charge in [0, 0.05) is 29.6 Å². The Morgan fingerprint density at radius 3 is 2.58 bits per heavy atom. The maximum atomic E-state index is 12.3. The lowest BCUT2D eigenvalue weighted by atomic mass is 10.1. The topological polar surface area (TPSA) is 49.4 Å². The first-order valence-electron chi connectivity index (χ1n) is 5.79. The summed E-state index contributed by atoms with van der Waals surface area (Å²) in [6.07, 6.45) is 0. The first-order chi connectivity index (χ1) is 8.86. The molecule has 1 unspecified atom stereocenters. The minimum atomic E-state index is -0.245. The largest absolute Gasteiger partial charge is 0.359 e. The van der Waals surface area contributed by atoms with Crippen LogP contribution in [0.2, 0.25) is 0 Å². The van der Waals surface area contributed by atoms with Crippen molar-refractivity contribution in [1.82, 2.24) is 10.2 Å². The van der Waals surface area contributed by atoms with E-state index in [0.29, 0.717) is 12.1 Å². The summed E-state index contributed by atoms with van der Waals surface area (Å²) in [5, 5.41) is 2.58. The molecule has 0 bridgehead atoms. The van der Waals surface area contributed by atoms with Gasteiger partial charge < -0.3 is 10.2 Å². The number of halogens is 2. The summed E-state index contributed by atoms with van der Waals surface area (Å²) in [5.41, 5.74) is 0.570. The standard InChI is InChI=1S/C13H16Br2N2O2/c1-8(12(18)16-2)7-17(3)13(19)10-6-9(14)4-5-11(10)15/h4-6,8H,7H2,1-3H3,(H,16,18). The Morgan fingerprint density at radius 1 is 1.37 bits per heavy atom. The van der Waals surface area contributed by atoms with E-state index in [1.54, 1.807) is 32.0 Å². The smallest absolute Gasteiger partial charge is 0.254 e. The van der Waals surface area contributed by atoms with E-state index in [9.17, 15) is 9.59 Å². The molecule has 1 N–H and O–H groups in total. The molecule has 1 aromatic rings. The highest BCUT2D eigenvalue weighted by Gasteiger charge is 2.20. The van der Waals surface area contributed by atoms with Crippen molar-refractivity contribution in [3.63, 3.8) is 0 Å². The summed E-state index contributed by atoms with van der Waals surface area (Å²) < 4.78 is 1.58. The SMILES string of the molecule is CNC(=O)C(C)CN(C)C(=O)c1cc(Br)ccc1Br. The maximum Gasteiger partial charge on any atom is 0.254 e. The lowest BCUT2D eigenvalue weighted by molar-refractivity contribution is -0.124. The Hall–Kier alpha value is -0.880. The van der Waals surface area contributed by atoms with Gasteiger partial charge in [-0.25, -0.2) is 0 Å². The lowest BCUT2D eigenvalue weighted by Crippen LogP contribution is -2.37. The average molecular weight is 392 g/mol. The molecule has 1 atom stereocenters. The molecule has 104 valence electrons. The quantitative estimate of drug-likeness (QED) is 0.857. The van der Waals surface area contributed by atoms with E-state index in [4.69, 9.17) is 0 Å². The number of carbonyl (C=O) groups is 2. The second-order valence-corrected chi connectivity index (χ2v) is 6.10. The van der Waals surface area contributed by atoms with Crippen LogP contribution >= 0.6 is 31.9 Å². The molecule has 0 saturated carbocycles. The van der Waals surface area contributed by atoms with Gasteiger partial charge >= 0.3 is 0 Å². The van der Waals surface area contributed by atoms with E-state index < -0.39 is 0 Å². The highest BCUT2D eigenvalue weighted by molar-refractivity contribution is 9.11. The zero-order valence-electron chi connectivity index (χ0n) is 11.0. The molecule has 0 saturated heterocycles. The Morgan fingerprint density at radius 2 is 2.00 bits per heavy atom. The normalized spacial score (nSPS) is 11.8. The molecule has 1 aromatic carbocycles. The first-order valence-corrected chi connectivity index (χ1v) is 7.37. The van der Waals surface area contributed by atoms with Gasteiger partial charge in [-0.1, -0.05) is 22.9 Å². The molecule has 0 aliphatic carbocycles. The van der Waals surface area contributed by atoms with Gasteiger partial charge in [-0.15, -0.1) is 0 Å². The van der Waals surface area contributed by atoms with Gasteiger partial charge in [0.2, 0.25) is 5.91 Å². The number of nitrogens with one attached hydrogen (secondary N) is 1. The van der Waals surface area contributed by atoms with Crippen molar-refractivity contribution in [2.24, 2.45) is 5.92 Å². The van der Waals surface area contributed by atoms with Crippen LogP contribution in [0.1, 0.15) is 17.3 Å². The highest BCUT2D eigenvalue weighted by atomic mass is 79.9. The molecule has 6 heteroatoms. The third-order valence-electron chi connectivity index (χ3n) is 2.75. The van der Waals surface area contributed by atoms with Crippen molar-refractivity contribution in [3.8, 4) is 0 Å². The molecule has 0 aromatic heterocycles. The minimum absolute atomic E-state index is 0.0760. The Kier molecular flexibility index (Phi) is 6.00. The summed E-state index contributed by atoms with van der Waals surface area (Å²) >= 11 is 6.70. The predicted molar refractivity (Wildman–Crippen MR) is 82.0 cm³/mol. The monoisotopic (exact) mass is 390 g/mol. The number of hydrogen-bond acceptors (Lipinski definition) is 2. The van der Waals surface area contributed by atoms with Crippen LogP contribution in [0, 0.1) is 5.92 Å². The van der Waals surface area contributed by atoms with Crippen molar-refractivity contribution in [2.75, 3.05) is 20.6 Å². The number of amides is 2. The van der Waals surface area contributed by atoms with Crippen molar-refractivity contribution < 1.29 is 9.59 Å². The molecule has 19 heavy (non-hydrogen) atoms. The van der Waals surface area contributed by atoms with Gasteiger partial charge in [-0.2, -0.15) is 0 Å². The number of carbonyl (C=O) groups excluding carboxylic acids is 2. The fourth-order valence-corrected chi connectivity index (χ4v) is 2.47. The van der Waals surface area contributed by atoms with E-state index in [2.05, 4.69) is 37.2 Å². The average Bonchev–Trinajstić information content (AvgIpc) is 2.39. The highest BCUT2D eigenvalue weighted by Crippen LogP contribution is 2.22. The van der Waals surface area contributed by atoms with Crippen LogP contribution < -0.4 is 5.32 Å². The van der Waals surface area contributed by atoms with Crippen LogP contribution in [-0.4, -0.2) is 37.4 Å². The van der Waals surface area contributed by atoms with Crippen molar-refractivity contribution in [3.05, 3.63) is 32.7 Å². The van der Waals surface area contributed by atoms with E-state index >= 15 is 0 Å². The van der Waals surface area contributed by atoms with Gasteiger partial charge in [0.25, 0.3) is 5.91 Å². The molecular formula is C13H16Br2N2O2. The summed E-state index contributed by atoms with van der Waals surface area (Å²) in [7, 11) is 3.28. The van der Waals surface area contributed by atoms with Gasteiger partial charge in [0.1, 0.15) is 0 Å². The van der Waals surface area contributed by atoms with Crippen molar-refractivity contribution >= 4 is 43.7 Å². The Bertz CT molecular complexity index is 492. The van der Waals surface area contributed by atoms with E-state index in [1.807, 2.05) is 12.1 Å². The third-order valence-corrected chi connectivity index (χ3v) is 3.93. The van der Waals surface area contributed by atoms with Crippen LogP contribution in [0.15, 0.2) is 27.1 Å². The number of hydrogen-bond donors (Lipinski definition) is 1. The fourth-order valence-electron chi connectivity index (χ4n) is 1.69. The molecule has 2 amide bonds. The molecule has 0 aliphatic rings. The summed E-state index contributed by atoms with van der Waals surface area (Å²) in [6, 6.07) is 5.43. The van der Waals surface area contributed by atoms with Gasteiger partial charge in [0.05, 0.1) is 11.5 Å². The Labute approximate surface area is 129 Å².